The van der Waals surface area contributed by atoms with E-state index in [1.54, 1.807) is 7.05 Å². The summed E-state index contributed by atoms with van der Waals surface area (Å²) in [6.45, 7) is 20.7. The molecule has 14 heteroatoms. The molecule has 6 atom stereocenters. The molecule has 5 heterocycles. The highest BCUT2D eigenvalue weighted by atomic mass is 16.5. The van der Waals surface area contributed by atoms with E-state index in [9.17, 15) is 14.4 Å². The highest BCUT2D eigenvalue weighted by Gasteiger charge is 2.39. The number of carbonyl (C=O) groups is 3. The summed E-state index contributed by atoms with van der Waals surface area (Å²) < 4.78 is 4.82. The highest BCUT2D eigenvalue weighted by Crippen LogP contribution is 2.48. The number of hydrogen-bond acceptors (Lipinski definition) is 8. The number of anilines is 1. The van der Waals surface area contributed by atoms with E-state index in [4.69, 9.17) is 14.7 Å². The van der Waals surface area contributed by atoms with Gasteiger partial charge in [0, 0.05) is 31.5 Å². The van der Waals surface area contributed by atoms with Crippen LogP contribution in [0.2, 0.25) is 0 Å². The number of aromatic nitrogens is 4. The van der Waals surface area contributed by atoms with Gasteiger partial charge in [0.05, 0.1) is 61.1 Å². The number of nitrogens with zero attached hydrogens (tertiary/aromatic N) is 5. The lowest BCUT2D eigenvalue weighted by atomic mass is 9.87. The Morgan fingerprint density at radius 1 is 0.681 bits per heavy atom. The van der Waals surface area contributed by atoms with E-state index in [0.29, 0.717) is 6.54 Å². The lowest BCUT2D eigenvalue weighted by Crippen LogP contribution is -2.51. The van der Waals surface area contributed by atoms with Gasteiger partial charge in [-0.3, -0.25) is 4.79 Å². The predicted octanol–water partition coefficient (Wildman–Crippen LogP) is 10.5. The number of amides is 4. The molecule has 366 valence electrons. The molecule has 0 radical (unpaired) electrons. The van der Waals surface area contributed by atoms with E-state index in [1.165, 1.54) is 29.5 Å². The second kappa shape index (κ2) is 20.6. The fourth-order valence-electron chi connectivity index (χ4n) is 10.6. The Labute approximate surface area is 408 Å². The first-order valence-corrected chi connectivity index (χ1v) is 24.8. The number of methoxy groups -OCH3 is 1. The van der Waals surface area contributed by atoms with Crippen molar-refractivity contribution in [3.63, 3.8) is 0 Å². The molecular formula is C55H72N10O4. The Balaban J connectivity index is 1.00. The number of hydrogen-bond donors (Lipinski definition) is 5. The summed E-state index contributed by atoms with van der Waals surface area (Å²) in [5, 5.41) is 8.51. The zero-order valence-corrected chi connectivity index (χ0v) is 41.9. The average Bonchev–Trinajstić information content (AvgIpc) is 4.21. The van der Waals surface area contributed by atoms with Crippen molar-refractivity contribution in [3.05, 3.63) is 126 Å². The minimum Gasteiger partial charge on any atom is -0.453 e. The summed E-state index contributed by atoms with van der Waals surface area (Å²) in [6.07, 6.45) is 8.81. The molecule has 3 fully saturated rings. The van der Waals surface area contributed by atoms with Crippen molar-refractivity contribution >= 4 is 23.7 Å². The van der Waals surface area contributed by atoms with E-state index in [-0.39, 0.29) is 59.4 Å². The van der Waals surface area contributed by atoms with Gasteiger partial charge in [0.1, 0.15) is 17.7 Å². The lowest BCUT2D eigenvalue weighted by molar-refractivity contribution is -0.135. The van der Waals surface area contributed by atoms with Gasteiger partial charge in [-0.2, -0.15) is 0 Å². The number of benzene rings is 3. The van der Waals surface area contributed by atoms with Gasteiger partial charge in [-0.25, -0.2) is 19.6 Å². The summed E-state index contributed by atoms with van der Waals surface area (Å²) in [5.74, 6) is 1.61. The molecule has 0 spiro atoms. The topological polar surface area (TPSA) is 164 Å². The van der Waals surface area contributed by atoms with Crippen LogP contribution in [0.5, 0.6) is 0 Å². The summed E-state index contributed by atoms with van der Waals surface area (Å²) in [6, 6.07) is 26.0. The molecule has 2 aromatic heterocycles. The van der Waals surface area contributed by atoms with Gasteiger partial charge < -0.3 is 45.4 Å². The third kappa shape index (κ3) is 10.4. The van der Waals surface area contributed by atoms with Crippen LogP contribution in [0, 0.1) is 11.8 Å². The molecule has 3 aliphatic heterocycles. The molecule has 0 saturated carbocycles. The quantitative estimate of drug-likeness (QED) is 0.0735. The first-order valence-electron chi connectivity index (χ1n) is 24.8. The van der Waals surface area contributed by atoms with Gasteiger partial charge in [0.15, 0.2) is 0 Å². The van der Waals surface area contributed by atoms with Crippen LogP contribution in [0.4, 0.5) is 15.3 Å². The van der Waals surface area contributed by atoms with Crippen molar-refractivity contribution in [1.82, 2.24) is 45.7 Å². The average molecular weight is 937 g/mol. The monoisotopic (exact) mass is 937 g/mol. The predicted molar refractivity (Wildman–Crippen MR) is 272 cm³/mol. The highest BCUT2D eigenvalue weighted by molar-refractivity contribution is 5.86. The molecule has 0 bridgehead atoms. The second-order valence-corrected chi connectivity index (χ2v) is 20.8. The molecule has 8 rings (SSSR count). The molecule has 5 N–H and O–H groups in total. The normalized spacial score (nSPS) is 20.4. The number of likely N-dealkylation sites (tertiary alicyclic amines) is 2. The minimum absolute atomic E-state index is 0.0431. The van der Waals surface area contributed by atoms with E-state index in [2.05, 4.69) is 150 Å². The van der Waals surface area contributed by atoms with Gasteiger partial charge in [-0.05, 0) is 95.7 Å². The third-order valence-corrected chi connectivity index (χ3v) is 14.5. The van der Waals surface area contributed by atoms with Crippen molar-refractivity contribution in [1.29, 1.82) is 0 Å². The smallest absolute Gasteiger partial charge is 0.407 e. The van der Waals surface area contributed by atoms with Crippen LogP contribution in [-0.2, 0) is 14.9 Å². The number of H-pyrrole nitrogens is 2. The second-order valence-electron chi connectivity index (χ2n) is 20.8. The number of rotatable bonds is 14. The summed E-state index contributed by atoms with van der Waals surface area (Å²) in [4.78, 5) is 61.8. The molecular weight excluding hydrogens is 865 g/mol. The molecule has 0 aliphatic carbocycles. The maximum absolute atomic E-state index is 13.8. The number of urea groups is 1. The Morgan fingerprint density at radius 2 is 1.17 bits per heavy atom. The first kappa shape index (κ1) is 48.9. The van der Waals surface area contributed by atoms with Gasteiger partial charge in [-0.15, -0.1) is 0 Å². The Morgan fingerprint density at radius 3 is 1.64 bits per heavy atom. The van der Waals surface area contributed by atoms with E-state index < -0.39 is 12.1 Å². The van der Waals surface area contributed by atoms with Gasteiger partial charge in [0.25, 0.3) is 0 Å². The number of alkyl carbamates (subject to hydrolysis) is 1. The number of nitrogens with one attached hydrogen (secondary N) is 5. The maximum atomic E-state index is 13.8. The third-order valence-electron chi connectivity index (χ3n) is 14.5. The Hall–Kier alpha value is -6.57. The number of aromatic amines is 2. The molecule has 69 heavy (non-hydrogen) atoms. The maximum Gasteiger partial charge on any atom is 0.407 e. The lowest BCUT2D eigenvalue weighted by Gasteiger charge is -2.34. The largest absolute Gasteiger partial charge is 0.453 e. The van der Waals surface area contributed by atoms with Crippen molar-refractivity contribution < 1.29 is 19.1 Å². The zero-order valence-electron chi connectivity index (χ0n) is 41.9. The van der Waals surface area contributed by atoms with Crippen molar-refractivity contribution in [2.24, 2.45) is 11.8 Å². The van der Waals surface area contributed by atoms with Crippen LogP contribution < -0.4 is 20.9 Å². The van der Waals surface area contributed by atoms with E-state index in [1.807, 2.05) is 31.1 Å². The van der Waals surface area contributed by atoms with Gasteiger partial charge in [-0.1, -0.05) is 116 Å². The van der Waals surface area contributed by atoms with Crippen LogP contribution >= 0.6 is 0 Å². The van der Waals surface area contributed by atoms with E-state index in [0.717, 1.165) is 84.9 Å². The van der Waals surface area contributed by atoms with Crippen molar-refractivity contribution in [3.8, 4) is 22.5 Å². The van der Waals surface area contributed by atoms with Crippen LogP contribution in [0.1, 0.15) is 139 Å². The fourth-order valence-corrected chi connectivity index (χ4v) is 10.6. The van der Waals surface area contributed by atoms with Gasteiger partial charge in [0.2, 0.25) is 5.91 Å². The molecule has 4 amide bonds. The molecule has 4 unspecified atom stereocenters. The Kier molecular flexibility index (Phi) is 14.6. The molecule has 3 aliphatic rings. The summed E-state index contributed by atoms with van der Waals surface area (Å²) in [7, 11) is 2.94. The minimum atomic E-state index is -0.687. The number of imidazole rings is 2. The Bertz CT molecular complexity index is 2430. The SMILES string of the molecule is C=C([C@@H](NC(=O)NC)C(C)C)N1CCC[C@H]1c1ncc(-c2ccc(C3CCC(c4ccc(-c5cnc(C6CCCN6C(=O)C(NC(=O)OC)C(C)C)[nH]5)cc4)N3c3ccc(C(C)(C)C)cc3)cc2)[nH]1. The van der Waals surface area contributed by atoms with Crippen molar-refractivity contribution in [2.75, 3.05) is 32.1 Å². The summed E-state index contributed by atoms with van der Waals surface area (Å²) >= 11 is 0. The van der Waals surface area contributed by atoms with Crippen LogP contribution in [0.25, 0.3) is 22.5 Å². The van der Waals surface area contributed by atoms with Crippen molar-refractivity contribution in [2.45, 2.75) is 129 Å². The van der Waals surface area contributed by atoms with Crippen LogP contribution in [-0.4, -0.2) is 87.1 Å². The number of ether oxygens (including phenoxy) is 1. The molecule has 5 aromatic rings. The van der Waals surface area contributed by atoms with Gasteiger partial charge >= 0.3 is 12.1 Å². The van der Waals surface area contributed by atoms with Crippen LogP contribution in [0.15, 0.2) is 97.5 Å². The fraction of sp³-hybridized carbons (Fsp3) is 0.473. The zero-order chi connectivity index (χ0) is 49.1. The van der Waals surface area contributed by atoms with E-state index >= 15 is 0 Å². The standard InChI is InChI=1S/C55H72N10O4/c1-33(2)48(61-53(67)56-9)35(5)63-29-11-13-46(63)50-57-31-42(59-50)36-15-19-38(20-16-36)44-27-28-45(65(44)41-25-23-40(24-26-41)55(6,7)8)39-21-17-37(18-22-39)43-32-58-51(60-43)47-14-12-30-64(47)52(66)49(34(3)4)62-54(68)69-10/h15-26,31-34,44-49H,5,11-14,27-30H2,1-4,6-10H3,(H,57,59)(H,58,60)(H,62,68)(H2,56,61,67)/t44?,45?,46-,47?,48-,49?/m0/s1. The first-order chi connectivity index (χ1) is 33.1. The molecule has 3 aromatic carbocycles. The number of carbonyl (C=O) groups excluding carboxylic acids is 3. The van der Waals surface area contributed by atoms with Crippen LogP contribution in [0.3, 0.4) is 0 Å². The molecule has 3 saturated heterocycles. The summed E-state index contributed by atoms with van der Waals surface area (Å²) in [5.41, 5.74) is 9.95. The molecule has 14 nitrogen and oxygen atoms in total.